The Morgan fingerprint density at radius 1 is 1.37 bits per heavy atom. The fourth-order valence-electron chi connectivity index (χ4n) is 1.55. The van der Waals surface area contributed by atoms with Gasteiger partial charge in [0.2, 0.25) is 5.78 Å². The van der Waals surface area contributed by atoms with E-state index >= 15 is 0 Å². The van der Waals surface area contributed by atoms with Gasteiger partial charge in [0.25, 0.3) is 0 Å². The fourth-order valence-corrected chi connectivity index (χ4v) is 2.19. The molecule has 0 amide bonds. The minimum absolute atomic E-state index is 0.199. The van der Waals surface area contributed by atoms with Gasteiger partial charge in [0.05, 0.1) is 11.1 Å². The number of benzene rings is 1. The average molecular weight is 344 g/mol. The van der Waals surface area contributed by atoms with Crippen LogP contribution in [0.25, 0.3) is 0 Å². The van der Waals surface area contributed by atoms with E-state index in [9.17, 15) is 4.79 Å². The van der Waals surface area contributed by atoms with Crippen LogP contribution in [0.3, 0.4) is 0 Å². The number of rotatable bonds is 5. The van der Waals surface area contributed by atoms with Gasteiger partial charge in [-0.2, -0.15) is 0 Å². The van der Waals surface area contributed by atoms with E-state index in [1.54, 1.807) is 30.3 Å². The zero-order valence-corrected chi connectivity index (χ0v) is 12.6. The van der Waals surface area contributed by atoms with Crippen LogP contribution < -0.4 is 4.74 Å². The smallest absolute Gasteiger partial charge is 0.228 e. The Bertz CT molecular complexity index is 592. The van der Waals surface area contributed by atoms with E-state index < -0.39 is 0 Å². The quantitative estimate of drug-likeness (QED) is 0.738. The first-order chi connectivity index (χ1) is 9.11. The Morgan fingerprint density at radius 3 is 2.74 bits per heavy atom. The fraction of sp³-hybridized carbons (Fsp3) is 0.214. The SMILES string of the molecule is CCCOc1ccc(C(=O)c2ccc(Cl)o2)cc1Br. The number of ether oxygens (including phenoxy) is 1. The Labute approximate surface area is 124 Å². The molecule has 1 aromatic heterocycles. The molecule has 2 rings (SSSR count). The van der Waals surface area contributed by atoms with Crippen molar-refractivity contribution in [3.05, 3.63) is 51.3 Å². The largest absolute Gasteiger partial charge is 0.492 e. The average Bonchev–Trinajstić information content (AvgIpc) is 2.83. The van der Waals surface area contributed by atoms with Crippen molar-refractivity contribution in [1.82, 2.24) is 0 Å². The molecular weight excluding hydrogens is 332 g/mol. The number of hydrogen-bond acceptors (Lipinski definition) is 3. The number of carbonyl (C=O) groups is 1. The van der Waals surface area contributed by atoms with E-state index in [2.05, 4.69) is 15.9 Å². The summed E-state index contributed by atoms with van der Waals surface area (Å²) < 4.78 is 11.4. The van der Waals surface area contributed by atoms with Crippen LogP contribution in [0.5, 0.6) is 5.75 Å². The van der Waals surface area contributed by atoms with Gasteiger partial charge in [-0.3, -0.25) is 4.79 Å². The lowest BCUT2D eigenvalue weighted by atomic mass is 10.1. The number of furan rings is 1. The molecule has 0 spiro atoms. The summed E-state index contributed by atoms with van der Waals surface area (Å²) in [6, 6.07) is 8.28. The van der Waals surface area contributed by atoms with Crippen LogP contribution in [0.4, 0.5) is 0 Å². The van der Waals surface area contributed by atoms with Gasteiger partial charge in [-0.1, -0.05) is 6.92 Å². The van der Waals surface area contributed by atoms with Gasteiger partial charge >= 0.3 is 0 Å². The molecule has 0 bridgehead atoms. The second-order valence-corrected chi connectivity index (χ2v) is 5.15. The van der Waals surface area contributed by atoms with Crippen LogP contribution in [0, 0.1) is 0 Å². The first-order valence-electron chi connectivity index (χ1n) is 5.84. The van der Waals surface area contributed by atoms with Gasteiger partial charge in [0.1, 0.15) is 5.75 Å². The molecule has 0 radical (unpaired) electrons. The predicted octanol–water partition coefficient (Wildman–Crippen LogP) is 4.72. The van der Waals surface area contributed by atoms with Gasteiger partial charge in [0.15, 0.2) is 11.0 Å². The summed E-state index contributed by atoms with van der Waals surface area (Å²) in [6.45, 7) is 2.67. The zero-order valence-electron chi connectivity index (χ0n) is 10.3. The summed E-state index contributed by atoms with van der Waals surface area (Å²) in [5.74, 6) is 0.727. The molecule has 3 nitrogen and oxygen atoms in total. The van der Waals surface area contributed by atoms with Crippen molar-refractivity contribution in [3.63, 3.8) is 0 Å². The predicted molar refractivity (Wildman–Crippen MR) is 77.1 cm³/mol. The lowest BCUT2D eigenvalue weighted by molar-refractivity contribution is 0.101. The van der Waals surface area contributed by atoms with E-state index in [1.807, 2.05) is 6.92 Å². The molecule has 1 aromatic carbocycles. The monoisotopic (exact) mass is 342 g/mol. The summed E-state index contributed by atoms with van der Waals surface area (Å²) in [4.78, 5) is 12.1. The van der Waals surface area contributed by atoms with Crippen molar-refractivity contribution in [2.45, 2.75) is 13.3 Å². The van der Waals surface area contributed by atoms with E-state index in [0.29, 0.717) is 12.2 Å². The van der Waals surface area contributed by atoms with Crippen LogP contribution >= 0.6 is 27.5 Å². The number of hydrogen-bond donors (Lipinski definition) is 0. The molecule has 1 heterocycles. The topological polar surface area (TPSA) is 39.4 Å². The lowest BCUT2D eigenvalue weighted by Gasteiger charge is -2.07. The van der Waals surface area contributed by atoms with E-state index in [4.69, 9.17) is 20.8 Å². The number of carbonyl (C=O) groups excluding carboxylic acids is 1. The van der Waals surface area contributed by atoms with Crippen molar-refractivity contribution < 1.29 is 13.9 Å². The highest BCUT2D eigenvalue weighted by Crippen LogP contribution is 2.27. The molecule has 0 unspecified atom stereocenters. The van der Waals surface area contributed by atoms with Crippen molar-refractivity contribution in [2.75, 3.05) is 6.61 Å². The summed E-state index contributed by atoms with van der Waals surface area (Å²) in [5.41, 5.74) is 0.516. The summed E-state index contributed by atoms with van der Waals surface area (Å²) >= 11 is 9.05. The Balaban J connectivity index is 2.22. The Kier molecular flexibility index (Phi) is 4.66. The minimum atomic E-state index is -0.213. The van der Waals surface area contributed by atoms with E-state index in [-0.39, 0.29) is 16.8 Å². The molecular formula is C14H12BrClO3. The minimum Gasteiger partial charge on any atom is -0.492 e. The molecule has 0 aliphatic carbocycles. The van der Waals surface area contributed by atoms with Gasteiger partial charge in [0, 0.05) is 5.56 Å². The Morgan fingerprint density at radius 2 is 2.16 bits per heavy atom. The van der Waals surface area contributed by atoms with E-state index in [0.717, 1.165) is 16.6 Å². The van der Waals surface area contributed by atoms with Crippen molar-refractivity contribution >= 4 is 33.3 Å². The third-order valence-corrected chi connectivity index (χ3v) is 3.28. The molecule has 0 saturated heterocycles. The highest BCUT2D eigenvalue weighted by atomic mass is 79.9. The maximum Gasteiger partial charge on any atom is 0.228 e. The van der Waals surface area contributed by atoms with Crippen LogP contribution in [0.2, 0.25) is 5.22 Å². The maximum absolute atomic E-state index is 12.1. The zero-order chi connectivity index (χ0) is 13.8. The molecule has 0 saturated carbocycles. The molecule has 2 aromatic rings. The molecule has 0 aliphatic rings. The second-order valence-electron chi connectivity index (χ2n) is 3.93. The summed E-state index contributed by atoms with van der Waals surface area (Å²) in [7, 11) is 0. The third kappa shape index (κ3) is 3.39. The van der Waals surface area contributed by atoms with Crippen molar-refractivity contribution in [3.8, 4) is 5.75 Å². The molecule has 19 heavy (non-hydrogen) atoms. The second kappa shape index (κ2) is 6.26. The van der Waals surface area contributed by atoms with Gasteiger partial charge in [-0.25, -0.2) is 0 Å². The summed E-state index contributed by atoms with van der Waals surface area (Å²) in [5, 5.41) is 0.199. The first kappa shape index (κ1) is 14.2. The number of halogens is 2. The Hall–Kier alpha value is -1.26. The van der Waals surface area contributed by atoms with Crippen LogP contribution in [0.15, 0.2) is 39.2 Å². The highest BCUT2D eigenvalue weighted by Gasteiger charge is 2.15. The normalized spacial score (nSPS) is 10.5. The maximum atomic E-state index is 12.1. The third-order valence-electron chi connectivity index (χ3n) is 2.45. The van der Waals surface area contributed by atoms with Gasteiger partial charge in [-0.05, 0) is 64.3 Å². The standard InChI is InChI=1S/C14H12BrClO3/c1-2-7-18-11-4-3-9(8-10(11)15)14(17)12-5-6-13(16)19-12/h3-6,8H,2,7H2,1H3. The van der Waals surface area contributed by atoms with Crippen molar-refractivity contribution in [1.29, 1.82) is 0 Å². The van der Waals surface area contributed by atoms with Gasteiger partial charge < -0.3 is 9.15 Å². The number of ketones is 1. The molecule has 100 valence electrons. The van der Waals surface area contributed by atoms with E-state index in [1.165, 1.54) is 0 Å². The van der Waals surface area contributed by atoms with Crippen LogP contribution in [0.1, 0.15) is 29.5 Å². The van der Waals surface area contributed by atoms with Gasteiger partial charge in [-0.15, -0.1) is 0 Å². The molecule has 5 heteroatoms. The summed E-state index contributed by atoms with van der Waals surface area (Å²) in [6.07, 6.45) is 0.929. The van der Waals surface area contributed by atoms with Crippen molar-refractivity contribution in [2.24, 2.45) is 0 Å². The highest BCUT2D eigenvalue weighted by molar-refractivity contribution is 9.10. The lowest BCUT2D eigenvalue weighted by Crippen LogP contribution is -2.01. The molecule has 0 fully saturated rings. The van der Waals surface area contributed by atoms with Crippen LogP contribution in [-0.4, -0.2) is 12.4 Å². The molecule has 0 atom stereocenters. The molecule has 0 aliphatic heterocycles. The molecule has 0 N–H and O–H groups in total. The first-order valence-corrected chi connectivity index (χ1v) is 7.01. The van der Waals surface area contributed by atoms with Crippen LogP contribution in [-0.2, 0) is 0 Å².